The van der Waals surface area contributed by atoms with Crippen molar-refractivity contribution in [1.29, 1.82) is 0 Å². The Morgan fingerprint density at radius 1 is 1.26 bits per heavy atom. The average Bonchev–Trinajstić information content (AvgIpc) is 2.42. The van der Waals surface area contributed by atoms with E-state index in [1.807, 2.05) is 0 Å². The largest absolute Gasteiger partial charge is 0.356 e. The molecule has 1 aliphatic heterocycles. The van der Waals surface area contributed by atoms with E-state index in [-0.39, 0.29) is 18.1 Å². The van der Waals surface area contributed by atoms with Gasteiger partial charge in [0.1, 0.15) is 0 Å². The molecule has 6 nitrogen and oxygen atoms in total. The SMILES string of the molecule is CCCCCNC(=O)CCS(=O)(=O)N1CCNCC1. The molecular weight excluding hydrogens is 266 g/mol. The minimum atomic E-state index is -3.28. The molecule has 19 heavy (non-hydrogen) atoms. The number of sulfonamides is 1. The molecule has 0 bridgehead atoms. The third-order valence-corrected chi connectivity index (χ3v) is 5.03. The first-order valence-corrected chi connectivity index (χ1v) is 8.62. The molecule has 0 aromatic rings. The van der Waals surface area contributed by atoms with Gasteiger partial charge in [-0.1, -0.05) is 19.8 Å². The lowest BCUT2D eigenvalue weighted by Gasteiger charge is -2.26. The monoisotopic (exact) mass is 291 g/mol. The predicted molar refractivity (Wildman–Crippen MR) is 75.4 cm³/mol. The van der Waals surface area contributed by atoms with Crippen molar-refractivity contribution in [2.75, 3.05) is 38.5 Å². The Morgan fingerprint density at radius 2 is 1.95 bits per heavy atom. The van der Waals surface area contributed by atoms with Gasteiger partial charge in [-0.25, -0.2) is 8.42 Å². The topological polar surface area (TPSA) is 78.5 Å². The van der Waals surface area contributed by atoms with Crippen LogP contribution in [-0.4, -0.2) is 57.1 Å². The van der Waals surface area contributed by atoms with E-state index in [1.54, 1.807) is 0 Å². The van der Waals surface area contributed by atoms with Crippen LogP contribution in [0.25, 0.3) is 0 Å². The number of rotatable bonds is 8. The number of carbonyl (C=O) groups is 1. The Labute approximate surface area is 116 Å². The molecule has 1 amide bonds. The van der Waals surface area contributed by atoms with Gasteiger partial charge < -0.3 is 10.6 Å². The number of amides is 1. The van der Waals surface area contributed by atoms with Crippen LogP contribution in [0.5, 0.6) is 0 Å². The van der Waals surface area contributed by atoms with E-state index in [0.29, 0.717) is 32.7 Å². The van der Waals surface area contributed by atoms with Crippen molar-refractivity contribution in [3.8, 4) is 0 Å². The summed E-state index contributed by atoms with van der Waals surface area (Å²) >= 11 is 0. The second-order valence-electron chi connectivity index (χ2n) is 4.77. The van der Waals surface area contributed by atoms with Crippen molar-refractivity contribution < 1.29 is 13.2 Å². The Morgan fingerprint density at radius 3 is 2.58 bits per heavy atom. The summed E-state index contributed by atoms with van der Waals surface area (Å²) in [7, 11) is -3.28. The standard InChI is InChI=1S/C12H25N3O3S/c1-2-3-4-6-14-12(16)5-11-19(17,18)15-9-7-13-8-10-15/h13H,2-11H2,1H3,(H,14,16). The number of hydrogen-bond acceptors (Lipinski definition) is 4. The van der Waals surface area contributed by atoms with Gasteiger partial charge in [0, 0.05) is 39.1 Å². The Hall–Kier alpha value is -0.660. The molecule has 0 aromatic heterocycles. The van der Waals surface area contributed by atoms with Crippen molar-refractivity contribution in [2.45, 2.75) is 32.6 Å². The molecule has 7 heteroatoms. The second kappa shape index (κ2) is 8.50. The maximum absolute atomic E-state index is 12.0. The minimum Gasteiger partial charge on any atom is -0.356 e. The van der Waals surface area contributed by atoms with Crippen LogP contribution in [0.2, 0.25) is 0 Å². The van der Waals surface area contributed by atoms with Crippen LogP contribution in [0.15, 0.2) is 0 Å². The fraction of sp³-hybridized carbons (Fsp3) is 0.917. The van der Waals surface area contributed by atoms with E-state index < -0.39 is 10.0 Å². The van der Waals surface area contributed by atoms with Gasteiger partial charge in [-0.3, -0.25) is 4.79 Å². The highest BCUT2D eigenvalue weighted by Crippen LogP contribution is 2.04. The quantitative estimate of drug-likeness (QED) is 0.613. The van der Waals surface area contributed by atoms with Crippen molar-refractivity contribution >= 4 is 15.9 Å². The van der Waals surface area contributed by atoms with Crippen LogP contribution in [0.1, 0.15) is 32.6 Å². The molecule has 1 fully saturated rings. The van der Waals surface area contributed by atoms with Crippen molar-refractivity contribution in [3.05, 3.63) is 0 Å². The Kier molecular flexibility index (Phi) is 7.33. The zero-order valence-electron chi connectivity index (χ0n) is 11.7. The summed E-state index contributed by atoms with van der Waals surface area (Å²) in [6.45, 7) is 5.11. The molecule has 2 N–H and O–H groups in total. The van der Waals surface area contributed by atoms with Crippen molar-refractivity contribution in [3.63, 3.8) is 0 Å². The molecule has 0 atom stereocenters. The highest BCUT2D eigenvalue weighted by atomic mass is 32.2. The summed E-state index contributed by atoms with van der Waals surface area (Å²) in [5, 5.41) is 5.86. The lowest BCUT2D eigenvalue weighted by Crippen LogP contribution is -2.47. The highest BCUT2D eigenvalue weighted by Gasteiger charge is 2.24. The van der Waals surface area contributed by atoms with E-state index in [4.69, 9.17) is 0 Å². The molecular formula is C12H25N3O3S. The third kappa shape index (κ3) is 6.35. The molecule has 112 valence electrons. The first kappa shape index (κ1) is 16.4. The van der Waals surface area contributed by atoms with Gasteiger partial charge in [-0.15, -0.1) is 0 Å². The van der Waals surface area contributed by atoms with Gasteiger partial charge >= 0.3 is 0 Å². The zero-order valence-corrected chi connectivity index (χ0v) is 12.5. The van der Waals surface area contributed by atoms with Gasteiger partial charge in [0.15, 0.2) is 0 Å². The van der Waals surface area contributed by atoms with Crippen LogP contribution >= 0.6 is 0 Å². The van der Waals surface area contributed by atoms with Gasteiger partial charge in [-0.2, -0.15) is 4.31 Å². The van der Waals surface area contributed by atoms with Gasteiger partial charge in [0.2, 0.25) is 15.9 Å². The van der Waals surface area contributed by atoms with E-state index in [0.717, 1.165) is 19.3 Å². The lowest BCUT2D eigenvalue weighted by molar-refractivity contribution is -0.120. The van der Waals surface area contributed by atoms with E-state index in [1.165, 1.54) is 4.31 Å². The molecule has 0 aliphatic carbocycles. The van der Waals surface area contributed by atoms with Crippen molar-refractivity contribution in [1.82, 2.24) is 14.9 Å². The molecule has 1 rings (SSSR count). The smallest absolute Gasteiger partial charge is 0.221 e. The number of piperazine rings is 1. The highest BCUT2D eigenvalue weighted by molar-refractivity contribution is 7.89. The van der Waals surface area contributed by atoms with Gasteiger partial charge in [-0.05, 0) is 6.42 Å². The normalized spacial score (nSPS) is 17.3. The first-order valence-electron chi connectivity index (χ1n) is 7.01. The summed E-state index contributed by atoms with van der Waals surface area (Å²) in [4.78, 5) is 11.5. The lowest BCUT2D eigenvalue weighted by atomic mass is 10.2. The number of unbranched alkanes of at least 4 members (excludes halogenated alkanes) is 2. The maximum Gasteiger partial charge on any atom is 0.221 e. The van der Waals surface area contributed by atoms with Crippen LogP contribution in [0, 0.1) is 0 Å². The molecule has 0 aromatic carbocycles. The fourth-order valence-electron chi connectivity index (χ4n) is 1.96. The van der Waals surface area contributed by atoms with Crippen molar-refractivity contribution in [2.24, 2.45) is 0 Å². The van der Waals surface area contributed by atoms with Crippen LogP contribution in [0.4, 0.5) is 0 Å². The molecule has 0 spiro atoms. The zero-order chi connectivity index (χ0) is 14.1. The molecule has 0 saturated carbocycles. The van der Waals surface area contributed by atoms with Gasteiger partial charge in [0.25, 0.3) is 0 Å². The summed E-state index contributed by atoms with van der Waals surface area (Å²) < 4.78 is 25.4. The number of nitrogens with one attached hydrogen (secondary N) is 2. The second-order valence-corrected chi connectivity index (χ2v) is 6.86. The van der Waals surface area contributed by atoms with E-state index in [9.17, 15) is 13.2 Å². The van der Waals surface area contributed by atoms with Gasteiger partial charge in [0.05, 0.1) is 5.75 Å². The van der Waals surface area contributed by atoms with Crippen LogP contribution in [0.3, 0.4) is 0 Å². The van der Waals surface area contributed by atoms with E-state index >= 15 is 0 Å². The number of nitrogens with zero attached hydrogens (tertiary/aromatic N) is 1. The molecule has 1 aliphatic rings. The first-order chi connectivity index (χ1) is 9.06. The summed E-state index contributed by atoms with van der Waals surface area (Å²) in [6, 6.07) is 0. The minimum absolute atomic E-state index is 0.0540. The molecule has 0 radical (unpaired) electrons. The third-order valence-electron chi connectivity index (χ3n) is 3.16. The molecule has 0 unspecified atom stereocenters. The van der Waals surface area contributed by atoms with E-state index in [2.05, 4.69) is 17.6 Å². The summed E-state index contributed by atoms with van der Waals surface area (Å²) in [5.74, 6) is -0.262. The summed E-state index contributed by atoms with van der Waals surface area (Å²) in [6.07, 6.45) is 3.19. The predicted octanol–water partition coefficient (Wildman–Crippen LogP) is -0.0821. The maximum atomic E-state index is 12.0. The number of hydrogen-bond donors (Lipinski definition) is 2. The Bertz CT molecular complexity index is 364. The fourth-order valence-corrected chi connectivity index (χ4v) is 3.40. The summed E-state index contributed by atoms with van der Waals surface area (Å²) in [5.41, 5.74) is 0. The Balaban J connectivity index is 2.24. The molecule has 1 heterocycles. The van der Waals surface area contributed by atoms with Crippen LogP contribution < -0.4 is 10.6 Å². The average molecular weight is 291 g/mol. The number of carbonyl (C=O) groups excluding carboxylic acids is 1. The van der Waals surface area contributed by atoms with Crippen LogP contribution in [-0.2, 0) is 14.8 Å². The molecule has 1 saturated heterocycles.